The molecule has 2 aliphatic heterocycles. The molecule has 1 aromatic rings. The van der Waals surface area contributed by atoms with Crippen LogP contribution >= 0.6 is 15.9 Å². The Hall–Kier alpha value is -2.59. The normalized spacial score (nSPS) is 17.3. The van der Waals surface area contributed by atoms with Gasteiger partial charge in [0.1, 0.15) is 11.9 Å². The van der Waals surface area contributed by atoms with Crippen LogP contribution in [0.2, 0.25) is 0 Å². The molecule has 10 heteroatoms. The number of piperazine rings is 1. The van der Waals surface area contributed by atoms with E-state index in [2.05, 4.69) is 27.9 Å². The van der Waals surface area contributed by atoms with Gasteiger partial charge in [-0.2, -0.15) is 0 Å². The van der Waals surface area contributed by atoms with Crippen LogP contribution < -0.4 is 4.74 Å². The smallest absolute Gasteiger partial charge is 0.328 e. The van der Waals surface area contributed by atoms with Crippen LogP contribution in [0.5, 0.6) is 5.75 Å². The molecule has 2 aliphatic rings. The van der Waals surface area contributed by atoms with Crippen LogP contribution in [-0.4, -0.2) is 95.3 Å². The third-order valence-corrected chi connectivity index (χ3v) is 4.85. The summed E-state index contributed by atoms with van der Waals surface area (Å²) >= 11 is 3.43. The Morgan fingerprint density at radius 3 is 2.14 bits per heavy atom. The van der Waals surface area contributed by atoms with Crippen molar-refractivity contribution in [2.75, 3.05) is 46.3 Å². The molecule has 3 rings (SSSR count). The van der Waals surface area contributed by atoms with Gasteiger partial charge in [0.15, 0.2) is 0 Å². The number of ether oxygens (including phenoxy) is 1. The maximum atomic E-state index is 12.3. The van der Waals surface area contributed by atoms with Gasteiger partial charge < -0.3 is 29.6 Å². The number of benzene rings is 1. The van der Waals surface area contributed by atoms with Crippen molar-refractivity contribution in [3.05, 3.63) is 40.9 Å². The number of urea groups is 1. The molecule has 2 saturated heterocycles. The van der Waals surface area contributed by atoms with E-state index in [4.69, 9.17) is 14.9 Å². The Balaban J connectivity index is 0.000000321. The lowest BCUT2D eigenvalue weighted by Crippen LogP contribution is -2.61. The van der Waals surface area contributed by atoms with Crippen molar-refractivity contribution < 1.29 is 29.3 Å². The highest BCUT2D eigenvalue weighted by Crippen LogP contribution is 2.22. The van der Waals surface area contributed by atoms with Crippen LogP contribution in [0.1, 0.15) is 0 Å². The first-order valence-electron chi connectivity index (χ1n) is 9.03. The predicted molar refractivity (Wildman–Crippen MR) is 109 cm³/mol. The fraction of sp³-hybridized carbons (Fsp3) is 0.421. The molecule has 2 N–H and O–H groups in total. The number of carboxylic acids is 2. The van der Waals surface area contributed by atoms with Gasteiger partial charge >= 0.3 is 18.0 Å². The van der Waals surface area contributed by atoms with Crippen molar-refractivity contribution in [1.29, 1.82) is 0 Å². The van der Waals surface area contributed by atoms with Crippen LogP contribution in [0.15, 0.2) is 40.9 Å². The van der Waals surface area contributed by atoms with Gasteiger partial charge in [0.2, 0.25) is 0 Å². The van der Waals surface area contributed by atoms with Crippen molar-refractivity contribution in [3.63, 3.8) is 0 Å². The van der Waals surface area contributed by atoms with Crippen molar-refractivity contribution in [3.8, 4) is 5.75 Å². The lowest BCUT2D eigenvalue weighted by Gasteiger charge is -2.43. The Kier molecular flexibility index (Phi) is 8.47. The van der Waals surface area contributed by atoms with Crippen LogP contribution in [0.25, 0.3) is 0 Å². The van der Waals surface area contributed by atoms with E-state index in [9.17, 15) is 14.4 Å². The minimum atomic E-state index is -1.26. The number of carbonyl (C=O) groups excluding carboxylic acids is 1. The number of hydrogen-bond acceptors (Lipinski definition) is 5. The molecule has 158 valence electrons. The number of carbonyl (C=O) groups is 3. The summed E-state index contributed by atoms with van der Waals surface area (Å²) in [5.74, 6) is -1.67. The highest BCUT2D eigenvalue weighted by molar-refractivity contribution is 9.10. The fourth-order valence-electron chi connectivity index (χ4n) is 2.74. The lowest BCUT2D eigenvalue weighted by atomic mass is 10.1. The minimum absolute atomic E-state index is 0.107. The fourth-order valence-corrected chi connectivity index (χ4v) is 3.12. The molecular formula is C19H24BrN3O6. The van der Waals surface area contributed by atoms with Gasteiger partial charge in [-0.25, -0.2) is 14.4 Å². The van der Waals surface area contributed by atoms with Crippen molar-refractivity contribution in [2.24, 2.45) is 0 Å². The van der Waals surface area contributed by atoms with Crippen molar-refractivity contribution in [2.45, 2.75) is 6.10 Å². The average molecular weight is 470 g/mol. The second-order valence-corrected chi connectivity index (χ2v) is 7.60. The summed E-state index contributed by atoms with van der Waals surface area (Å²) in [4.78, 5) is 37.5. The predicted octanol–water partition coefficient (Wildman–Crippen LogP) is 1.59. The quantitative estimate of drug-likeness (QED) is 0.644. The number of rotatable bonds is 4. The minimum Gasteiger partial charge on any atom is -0.487 e. The summed E-state index contributed by atoms with van der Waals surface area (Å²) in [5.41, 5.74) is 0. The van der Waals surface area contributed by atoms with Crippen molar-refractivity contribution >= 4 is 33.9 Å². The Morgan fingerprint density at radius 1 is 1.03 bits per heavy atom. The lowest BCUT2D eigenvalue weighted by molar-refractivity contribution is -0.134. The standard InChI is InChI=1S/C15H20BrN3O2.C4H4O4/c1-17-5-7-18(8-6-17)15(20)19-10-14(11-19)21-13-4-2-3-12(16)9-13;5-3(6)1-2-4(7)8/h2-4,9,14H,5-8,10-11H2,1H3;1-2H,(H,5,6)(H,7,8). The van der Waals surface area contributed by atoms with Gasteiger partial charge in [-0.3, -0.25) is 0 Å². The first kappa shape index (κ1) is 22.7. The van der Waals surface area contributed by atoms with E-state index < -0.39 is 11.9 Å². The number of amides is 2. The Labute approximate surface area is 177 Å². The number of likely N-dealkylation sites (tertiary alicyclic amines) is 1. The monoisotopic (exact) mass is 469 g/mol. The van der Waals surface area contributed by atoms with Crippen LogP contribution in [0, 0.1) is 0 Å². The molecule has 0 unspecified atom stereocenters. The third kappa shape index (κ3) is 7.74. The van der Waals surface area contributed by atoms with Gasteiger partial charge in [-0.05, 0) is 25.2 Å². The number of carboxylic acid groups (broad SMARTS) is 2. The molecule has 2 fully saturated rings. The molecule has 0 radical (unpaired) electrons. The highest BCUT2D eigenvalue weighted by Gasteiger charge is 2.35. The number of halogens is 1. The second kappa shape index (κ2) is 10.8. The summed E-state index contributed by atoms with van der Waals surface area (Å²) in [6, 6.07) is 7.96. The molecule has 29 heavy (non-hydrogen) atoms. The zero-order valence-corrected chi connectivity index (χ0v) is 17.6. The molecule has 0 saturated carbocycles. The van der Waals surface area contributed by atoms with Gasteiger partial charge in [-0.15, -0.1) is 0 Å². The number of aliphatic carboxylic acids is 2. The first-order valence-corrected chi connectivity index (χ1v) is 9.82. The van der Waals surface area contributed by atoms with E-state index in [-0.39, 0.29) is 12.1 Å². The topological polar surface area (TPSA) is 111 Å². The van der Waals surface area contributed by atoms with Crippen LogP contribution in [-0.2, 0) is 9.59 Å². The number of hydrogen-bond donors (Lipinski definition) is 2. The van der Waals surface area contributed by atoms with E-state index >= 15 is 0 Å². The maximum absolute atomic E-state index is 12.3. The zero-order valence-electron chi connectivity index (χ0n) is 16.0. The van der Waals surface area contributed by atoms with E-state index in [1.807, 2.05) is 34.1 Å². The largest absolute Gasteiger partial charge is 0.487 e. The summed E-state index contributed by atoms with van der Waals surface area (Å²) in [7, 11) is 2.09. The zero-order chi connectivity index (χ0) is 21.4. The van der Waals surface area contributed by atoms with E-state index in [1.54, 1.807) is 0 Å². The van der Waals surface area contributed by atoms with Gasteiger partial charge in [0.05, 0.1) is 13.1 Å². The molecular weight excluding hydrogens is 446 g/mol. The van der Waals surface area contributed by atoms with E-state index in [1.165, 1.54) is 0 Å². The second-order valence-electron chi connectivity index (χ2n) is 6.68. The summed E-state index contributed by atoms with van der Waals surface area (Å²) < 4.78 is 6.87. The molecule has 0 bridgehead atoms. The molecule has 2 heterocycles. The van der Waals surface area contributed by atoms with Crippen LogP contribution in [0.4, 0.5) is 4.79 Å². The van der Waals surface area contributed by atoms with E-state index in [0.29, 0.717) is 25.2 Å². The van der Waals surface area contributed by atoms with Gasteiger partial charge in [0.25, 0.3) is 0 Å². The molecule has 0 spiro atoms. The number of nitrogens with zero attached hydrogens (tertiary/aromatic N) is 3. The molecule has 9 nitrogen and oxygen atoms in total. The Bertz CT molecular complexity index is 742. The molecule has 0 aliphatic carbocycles. The van der Waals surface area contributed by atoms with Gasteiger partial charge in [-0.1, -0.05) is 22.0 Å². The third-order valence-electron chi connectivity index (χ3n) is 4.36. The molecule has 0 aromatic heterocycles. The summed E-state index contributed by atoms with van der Waals surface area (Å²) in [6.45, 7) is 4.91. The Morgan fingerprint density at radius 2 is 1.62 bits per heavy atom. The summed E-state index contributed by atoms with van der Waals surface area (Å²) in [5, 5.41) is 15.6. The van der Waals surface area contributed by atoms with E-state index in [0.717, 1.165) is 36.4 Å². The van der Waals surface area contributed by atoms with Gasteiger partial charge in [0, 0.05) is 42.8 Å². The summed E-state index contributed by atoms with van der Waals surface area (Å²) in [6.07, 6.45) is 1.22. The molecule has 1 aromatic carbocycles. The molecule has 2 amide bonds. The number of likely N-dealkylation sites (N-methyl/N-ethyl adjacent to an activating group) is 1. The SMILES string of the molecule is CN1CCN(C(=O)N2CC(Oc3cccc(Br)c3)C2)CC1.O=C(O)C=CC(=O)O. The first-order chi connectivity index (χ1) is 13.7. The average Bonchev–Trinajstić information content (AvgIpc) is 2.63. The molecule has 0 atom stereocenters. The van der Waals surface area contributed by atoms with Crippen LogP contribution in [0.3, 0.4) is 0 Å². The maximum Gasteiger partial charge on any atom is 0.328 e. The van der Waals surface area contributed by atoms with Crippen molar-refractivity contribution in [1.82, 2.24) is 14.7 Å². The highest BCUT2D eigenvalue weighted by atomic mass is 79.9.